The molecule has 0 aromatic heterocycles. The van der Waals surface area contributed by atoms with Gasteiger partial charge >= 0.3 is 6.03 Å². The van der Waals surface area contributed by atoms with E-state index in [0.717, 1.165) is 17.2 Å². The van der Waals surface area contributed by atoms with Gasteiger partial charge in [-0.25, -0.2) is 4.79 Å². The summed E-state index contributed by atoms with van der Waals surface area (Å²) in [6.07, 6.45) is 0.893. The Kier molecular flexibility index (Phi) is 5.45. The quantitative estimate of drug-likeness (QED) is 0.806. The van der Waals surface area contributed by atoms with Gasteiger partial charge in [-0.2, -0.15) is 0 Å². The van der Waals surface area contributed by atoms with E-state index in [-0.39, 0.29) is 24.2 Å². The second-order valence-corrected chi connectivity index (χ2v) is 4.09. The van der Waals surface area contributed by atoms with Crippen molar-refractivity contribution in [2.45, 2.75) is 13.3 Å². The average molecular weight is 281 g/mol. The Morgan fingerprint density at radius 1 is 1.26 bits per heavy atom. The Morgan fingerprint density at radius 2 is 2.05 bits per heavy atom. The minimum absolute atomic E-state index is 0. The van der Waals surface area contributed by atoms with Gasteiger partial charge in [-0.1, -0.05) is 25.1 Å². The Labute approximate surface area is 118 Å². The monoisotopic (exact) mass is 280 g/mol. The third-order valence-electron chi connectivity index (χ3n) is 2.65. The van der Waals surface area contributed by atoms with E-state index in [2.05, 4.69) is 10.6 Å². The molecule has 0 aliphatic rings. The van der Waals surface area contributed by atoms with Crippen LogP contribution in [0.15, 0.2) is 36.4 Å². The first kappa shape index (κ1) is 15.1. The molecule has 0 unspecified atom stereocenters. The molecule has 0 aliphatic carbocycles. The molecule has 0 spiro atoms. The van der Waals surface area contributed by atoms with Crippen LogP contribution in [0.3, 0.4) is 0 Å². The summed E-state index contributed by atoms with van der Waals surface area (Å²) in [5.41, 5.74) is 0.692. The first-order valence-electron chi connectivity index (χ1n) is 5.97. The zero-order valence-electron chi connectivity index (χ0n) is 10.6. The molecule has 3 N–H and O–H groups in total. The number of carbonyl (C=O) groups excluding carboxylic acids is 1. The number of amides is 2. The summed E-state index contributed by atoms with van der Waals surface area (Å²) in [6, 6.07) is 10.5. The van der Waals surface area contributed by atoms with E-state index in [1.165, 1.54) is 0 Å². The number of anilines is 1. The summed E-state index contributed by atoms with van der Waals surface area (Å²) in [6.45, 7) is 2.64. The summed E-state index contributed by atoms with van der Waals surface area (Å²) in [5, 5.41) is 16.8. The molecule has 19 heavy (non-hydrogen) atoms. The molecule has 5 heteroatoms. The highest BCUT2D eigenvalue weighted by atomic mass is 35.5. The molecule has 0 radical (unpaired) electrons. The molecule has 2 aromatic rings. The lowest BCUT2D eigenvalue weighted by Gasteiger charge is -2.09. The van der Waals surface area contributed by atoms with Crippen molar-refractivity contribution in [3.63, 3.8) is 0 Å². The fourth-order valence-electron chi connectivity index (χ4n) is 1.77. The molecule has 0 atom stereocenters. The van der Waals surface area contributed by atoms with Crippen molar-refractivity contribution >= 4 is 34.9 Å². The third kappa shape index (κ3) is 3.76. The van der Waals surface area contributed by atoms with Gasteiger partial charge in [-0.3, -0.25) is 0 Å². The minimum atomic E-state index is -0.229. The van der Waals surface area contributed by atoms with Gasteiger partial charge < -0.3 is 15.7 Å². The molecular weight excluding hydrogens is 264 g/mol. The minimum Gasteiger partial charge on any atom is -0.508 e. The molecule has 0 saturated carbocycles. The lowest BCUT2D eigenvalue weighted by molar-refractivity contribution is 0.252. The second-order valence-electron chi connectivity index (χ2n) is 4.09. The van der Waals surface area contributed by atoms with Crippen LogP contribution in [0, 0.1) is 0 Å². The molecule has 2 amide bonds. The Bertz CT molecular complexity index is 572. The van der Waals surface area contributed by atoms with Crippen LogP contribution in [-0.2, 0) is 0 Å². The van der Waals surface area contributed by atoms with Crippen LogP contribution in [0.5, 0.6) is 5.75 Å². The smallest absolute Gasteiger partial charge is 0.319 e. The highest BCUT2D eigenvalue weighted by molar-refractivity contribution is 6.02. The van der Waals surface area contributed by atoms with E-state index in [1.807, 2.05) is 31.2 Å². The van der Waals surface area contributed by atoms with E-state index in [1.54, 1.807) is 12.1 Å². The van der Waals surface area contributed by atoms with Gasteiger partial charge in [-0.15, -0.1) is 12.4 Å². The molecule has 0 fully saturated rings. The highest BCUT2D eigenvalue weighted by Crippen LogP contribution is 2.26. The van der Waals surface area contributed by atoms with Gasteiger partial charge in [0.2, 0.25) is 0 Å². The second kappa shape index (κ2) is 6.85. The molecule has 2 rings (SSSR count). The fraction of sp³-hybridized carbons (Fsp3) is 0.214. The number of urea groups is 1. The predicted molar refractivity (Wildman–Crippen MR) is 80.2 cm³/mol. The number of rotatable bonds is 3. The lowest BCUT2D eigenvalue weighted by atomic mass is 10.1. The van der Waals surface area contributed by atoms with Crippen molar-refractivity contribution in [1.29, 1.82) is 0 Å². The topological polar surface area (TPSA) is 61.4 Å². The Morgan fingerprint density at radius 3 is 2.79 bits per heavy atom. The number of phenolic OH excluding ortho intramolecular Hbond substituents is 1. The van der Waals surface area contributed by atoms with Crippen LogP contribution in [0.4, 0.5) is 10.5 Å². The summed E-state index contributed by atoms with van der Waals surface area (Å²) < 4.78 is 0. The molecule has 0 heterocycles. The molecule has 2 aromatic carbocycles. The number of fused-ring (bicyclic) bond motifs is 1. The number of benzene rings is 2. The van der Waals surface area contributed by atoms with Crippen LogP contribution >= 0.6 is 12.4 Å². The van der Waals surface area contributed by atoms with Gasteiger partial charge in [0.05, 0.1) is 5.69 Å². The average Bonchev–Trinajstić information content (AvgIpc) is 2.37. The maximum Gasteiger partial charge on any atom is 0.319 e. The zero-order valence-corrected chi connectivity index (χ0v) is 11.5. The van der Waals surface area contributed by atoms with E-state index in [0.29, 0.717) is 12.2 Å². The summed E-state index contributed by atoms with van der Waals surface area (Å²) >= 11 is 0. The van der Waals surface area contributed by atoms with Crippen molar-refractivity contribution in [3.8, 4) is 5.75 Å². The maximum atomic E-state index is 11.6. The van der Waals surface area contributed by atoms with Crippen molar-refractivity contribution in [2.75, 3.05) is 11.9 Å². The standard InChI is InChI=1S/C14H16N2O2.ClH/c1-2-8-15-14(18)16-13-5-3-4-10-6-7-11(17)9-12(10)13;/h3-7,9,17H,2,8H2,1H3,(H2,15,16,18);1H. The highest BCUT2D eigenvalue weighted by Gasteiger charge is 2.05. The van der Waals surface area contributed by atoms with E-state index < -0.39 is 0 Å². The van der Waals surface area contributed by atoms with E-state index in [9.17, 15) is 9.90 Å². The number of halogens is 1. The fourth-order valence-corrected chi connectivity index (χ4v) is 1.77. The van der Waals surface area contributed by atoms with Crippen LogP contribution in [-0.4, -0.2) is 17.7 Å². The van der Waals surface area contributed by atoms with Crippen LogP contribution in [0.25, 0.3) is 10.8 Å². The zero-order chi connectivity index (χ0) is 13.0. The summed E-state index contributed by atoms with van der Waals surface area (Å²) in [4.78, 5) is 11.6. The van der Waals surface area contributed by atoms with E-state index in [4.69, 9.17) is 0 Å². The predicted octanol–water partition coefficient (Wildman–Crippen LogP) is 3.50. The number of carbonyl (C=O) groups is 1. The van der Waals surface area contributed by atoms with Gasteiger partial charge in [0.25, 0.3) is 0 Å². The molecule has 0 saturated heterocycles. The van der Waals surface area contributed by atoms with Gasteiger partial charge in [0.1, 0.15) is 5.75 Å². The van der Waals surface area contributed by atoms with Gasteiger partial charge in [-0.05, 0) is 30.0 Å². The van der Waals surface area contributed by atoms with E-state index >= 15 is 0 Å². The number of hydrogen-bond acceptors (Lipinski definition) is 2. The van der Waals surface area contributed by atoms with Crippen LogP contribution in [0.2, 0.25) is 0 Å². The van der Waals surface area contributed by atoms with Crippen molar-refractivity contribution in [1.82, 2.24) is 5.32 Å². The first-order valence-corrected chi connectivity index (χ1v) is 5.97. The lowest BCUT2D eigenvalue weighted by Crippen LogP contribution is -2.29. The number of phenols is 1. The number of nitrogens with one attached hydrogen (secondary N) is 2. The van der Waals surface area contributed by atoms with Gasteiger partial charge in [0, 0.05) is 11.9 Å². The SMILES string of the molecule is CCCNC(=O)Nc1cccc2ccc(O)cc12.Cl. The summed E-state index contributed by atoms with van der Waals surface area (Å²) in [5.74, 6) is 0.186. The molecular formula is C14H17ClN2O2. The van der Waals surface area contributed by atoms with Crippen molar-refractivity contribution < 1.29 is 9.90 Å². The maximum absolute atomic E-state index is 11.6. The largest absolute Gasteiger partial charge is 0.508 e. The number of aromatic hydroxyl groups is 1. The number of hydrogen-bond donors (Lipinski definition) is 3. The van der Waals surface area contributed by atoms with Crippen LogP contribution in [0.1, 0.15) is 13.3 Å². The molecule has 0 bridgehead atoms. The normalized spacial score (nSPS) is 9.74. The van der Waals surface area contributed by atoms with Crippen molar-refractivity contribution in [2.24, 2.45) is 0 Å². The summed E-state index contributed by atoms with van der Waals surface area (Å²) in [7, 11) is 0. The molecule has 0 aliphatic heterocycles. The van der Waals surface area contributed by atoms with Crippen LogP contribution < -0.4 is 10.6 Å². The molecule has 102 valence electrons. The first-order chi connectivity index (χ1) is 8.70. The van der Waals surface area contributed by atoms with Gasteiger partial charge in [0.15, 0.2) is 0 Å². The Hall–Kier alpha value is -1.94. The van der Waals surface area contributed by atoms with Crippen molar-refractivity contribution in [3.05, 3.63) is 36.4 Å². The Balaban J connectivity index is 0.00000180. The third-order valence-corrected chi connectivity index (χ3v) is 2.65. The molecule has 4 nitrogen and oxygen atoms in total.